The number of esters is 1. The van der Waals surface area contributed by atoms with Gasteiger partial charge in [-0.15, -0.1) is 0 Å². The molecule has 0 aliphatic heterocycles. The monoisotopic (exact) mass is 434 g/mol. The Morgan fingerprint density at radius 2 is 1.13 bits per heavy atom. The van der Waals surface area contributed by atoms with Gasteiger partial charge in [0.05, 0.1) is 26.4 Å². The van der Waals surface area contributed by atoms with E-state index in [-0.39, 0.29) is 26.4 Å². The normalized spacial score (nSPS) is 11.4. The first-order valence-corrected chi connectivity index (χ1v) is 10.9. The standard InChI is InChI=1S/C21H38O9/c1-4-6-8-9-10-11-13-27-20(23)28-16-14-25-15-17-29-21(24)30-18(3)19(22)26-12-7-5-2/h18H,4-17H2,1-3H3/t18-/m1/s1. The molecule has 0 aliphatic carbocycles. The van der Waals surface area contributed by atoms with Crippen molar-refractivity contribution in [2.45, 2.75) is 78.2 Å². The van der Waals surface area contributed by atoms with Crippen molar-refractivity contribution in [3.05, 3.63) is 0 Å². The second-order valence-electron chi connectivity index (χ2n) is 6.71. The zero-order valence-electron chi connectivity index (χ0n) is 18.7. The van der Waals surface area contributed by atoms with Crippen LogP contribution >= 0.6 is 0 Å². The summed E-state index contributed by atoms with van der Waals surface area (Å²) in [5, 5.41) is 0. The van der Waals surface area contributed by atoms with Crippen molar-refractivity contribution in [2.75, 3.05) is 39.6 Å². The summed E-state index contributed by atoms with van der Waals surface area (Å²) in [7, 11) is 0. The summed E-state index contributed by atoms with van der Waals surface area (Å²) in [5.74, 6) is -0.614. The van der Waals surface area contributed by atoms with E-state index in [2.05, 4.69) is 6.92 Å². The zero-order valence-corrected chi connectivity index (χ0v) is 18.7. The Balaban J connectivity index is 3.50. The molecule has 0 radical (unpaired) electrons. The molecule has 0 aromatic carbocycles. The van der Waals surface area contributed by atoms with E-state index < -0.39 is 24.4 Å². The topological polar surface area (TPSA) is 107 Å². The Morgan fingerprint density at radius 3 is 1.80 bits per heavy atom. The molecule has 9 heteroatoms. The van der Waals surface area contributed by atoms with Gasteiger partial charge in [-0.05, 0) is 19.8 Å². The van der Waals surface area contributed by atoms with Crippen LogP contribution in [0.2, 0.25) is 0 Å². The maximum absolute atomic E-state index is 11.6. The maximum Gasteiger partial charge on any atom is 0.509 e. The van der Waals surface area contributed by atoms with Gasteiger partial charge in [-0.25, -0.2) is 14.4 Å². The number of rotatable bonds is 18. The van der Waals surface area contributed by atoms with Crippen molar-refractivity contribution < 1.29 is 42.8 Å². The third kappa shape index (κ3) is 18.0. The van der Waals surface area contributed by atoms with Crippen LogP contribution in [-0.2, 0) is 33.2 Å². The molecular formula is C21H38O9. The molecule has 0 rings (SSSR count). The van der Waals surface area contributed by atoms with E-state index in [0.717, 1.165) is 32.1 Å². The van der Waals surface area contributed by atoms with Crippen LogP contribution in [0.5, 0.6) is 0 Å². The molecule has 0 bridgehead atoms. The Hall–Kier alpha value is -2.03. The van der Waals surface area contributed by atoms with Crippen LogP contribution in [0.1, 0.15) is 72.1 Å². The van der Waals surface area contributed by atoms with E-state index in [9.17, 15) is 14.4 Å². The van der Waals surface area contributed by atoms with Gasteiger partial charge in [-0.1, -0.05) is 52.4 Å². The van der Waals surface area contributed by atoms with Gasteiger partial charge in [0.15, 0.2) is 6.10 Å². The fraction of sp³-hybridized carbons (Fsp3) is 0.857. The number of unbranched alkanes of at least 4 members (excludes halogenated alkanes) is 6. The van der Waals surface area contributed by atoms with E-state index in [1.807, 2.05) is 6.92 Å². The molecule has 0 aromatic heterocycles. The van der Waals surface area contributed by atoms with Gasteiger partial charge in [0.2, 0.25) is 0 Å². The molecule has 0 unspecified atom stereocenters. The van der Waals surface area contributed by atoms with Gasteiger partial charge < -0.3 is 28.4 Å². The molecule has 0 saturated carbocycles. The van der Waals surface area contributed by atoms with Crippen molar-refractivity contribution in [3.8, 4) is 0 Å². The second-order valence-corrected chi connectivity index (χ2v) is 6.71. The van der Waals surface area contributed by atoms with Crippen LogP contribution < -0.4 is 0 Å². The number of hydrogen-bond donors (Lipinski definition) is 0. The van der Waals surface area contributed by atoms with E-state index in [1.165, 1.54) is 26.2 Å². The predicted octanol–water partition coefficient (Wildman–Crippen LogP) is 4.40. The molecule has 176 valence electrons. The van der Waals surface area contributed by atoms with Crippen LogP contribution in [0.3, 0.4) is 0 Å². The van der Waals surface area contributed by atoms with Crippen molar-refractivity contribution >= 4 is 18.3 Å². The molecule has 0 saturated heterocycles. The molecule has 9 nitrogen and oxygen atoms in total. The highest BCUT2D eigenvalue weighted by atomic mass is 16.7. The summed E-state index contributed by atoms with van der Waals surface area (Å²) in [6, 6.07) is 0. The Labute approximate surface area is 179 Å². The smallest absolute Gasteiger partial charge is 0.463 e. The van der Waals surface area contributed by atoms with Crippen molar-refractivity contribution in [3.63, 3.8) is 0 Å². The molecule has 30 heavy (non-hydrogen) atoms. The fourth-order valence-electron chi connectivity index (χ4n) is 2.21. The summed E-state index contributed by atoms with van der Waals surface area (Å²) >= 11 is 0. The van der Waals surface area contributed by atoms with Gasteiger partial charge in [-0.2, -0.15) is 0 Å². The second kappa shape index (κ2) is 20.3. The summed E-state index contributed by atoms with van der Waals surface area (Å²) in [6.45, 7) is 6.43. The highest BCUT2D eigenvalue weighted by molar-refractivity contribution is 5.76. The summed E-state index contributed by atoms with van der Waals surface area (Å²) < 4.78 is 29.5. The fourth-order valence-corrected chi connectivity index (χ4v) is 2.21. The minimum absolute atomic E-state index is 0.0421. The minimum atomic E-state index is -1.04. The molecule has 0 amide bonds. The number of ether oxygens (including phenoxy) is 6. The Kier molecular flexibility index (Phi) is 18.9. The highest BCUT2D eigenvalue weighted by Gasteiger charge is 2.19. The Bertz CT molecular complexity index is 454. The zero-order chi connectivity index (χ0) is 22.5. The quantitative estimate of drug-likeness (QED) is 0.176. The number of carbonyl (C=O) groups excluding carboxylic acids is 3. The lowest BCUT2D eigenvalue weighted by Gasteiger charge is -2.12. The lowest BCUT2D eigenvalue weighted by molar-refractivity contribution is -0.154. The SMILES string of the molecule is CCCCCCCCOC(=O)OCCOCCOC(=O)O[C@H](C)C(=O)OCCCC. The van der Waals surface area contributed by atoms with Crippen LogP contribution in [0.25, 0.3) is 0 Å². The molecule has 0 heterocycles. The van der Waals surface area contributed by atoms with Gasteiger partial charge in [0.1, 0.15) is 13.2 Å². The first-order chi connectivity index (χ1) is 14.5. The molecule has 1 atom stereocenters. The van der Waals surface area contributed by atoms with Gasteiger partial charge in [0.25, 0.3) is 0 Å². The molecular weight excluding hydrogens is 396 g/mol. The summed E-state index contributed by atoms with van der Waals surface area (Å²) in [6.07, 6.45) is 5.59. The third-order valence-electron chi connectivity index (χ3n) is 3.96. The van der Waals surface area contributed by atoms with Gasteiger partial charge >= 0.3 is 18.3 Å². The molecule has 0 aromatic rings. The largest absolute Gasteiger partial charge is 0.509 e. The first-order valence-electron chi connectivity index (χ1n) is 10.9. The lowest BCUT2D eigenvalue weighted by Crippen LogP contribution is -2.27. The van der Waals surface area contributed by atoms with E-state index in [0.29, 0.717) is 13.2 Å². The number of carbonyl (C=O) groups is 3. The van der Waals surface area contributed by atoms with E-state index >= 15 is 0 Å². The molecule has 0 N–H and O–H groups in total. The first kappa shape index (κ1) is 28.0. The highest BCUT2D eigenvalue weighted by Crippen LogP contribution is 2.05. The van der Waals surface area contributed by atoms with Crippen LogP contribution in [0.15, 0.2) is 0 Å². The third-order valence-corrected chi connectivity index (χ3v) is 3.96. The van der Waals surface area contributed by atoms with Crippen LogP contribution in [-0.4, -0.2) is 64.0 Å². The minimum Gasteiger partial charge on any atom is -0.463 e. The molecule has 0 fully saturated rings. The van der Waals surface area contributed by atoms with Crippen LogP contribution in [0, 0.1) is 0 Å². The van der Waals surface area contributed by atoms with Crippen LogP contribution in [0.4, 0.5) is 9.59 Å². The van der Waals surface area contributed by atoms with Gasteiger partial charge in [0, 0.05) is 0 Å². The predicted molar refractivity (Wildman–Crippen MR) is 109 cm³/mol. The summed E-state index contributed by atoms with van der Waals surface area (Å²) in [5.41, 5.74) is 0. The van der Waals surface area contributed by atoms with Crippen molar-refractivity contribution in [1.29, 1.82) is 0 Å². The van der Waals surface area contributed by atoms with Crippen molar-refractivity contribution in [2.24, 2.45) is 0 Å². The van der Waals surface area contributed by atoms with E-state index in [4.69, 9.17) is 28.4 Å². The average Bonchev–Trinajstić information content (AvgIpc) is 2.72. The average molecular weight is 435 g/mol. The van der Waals surface area contributed by atoms with Crippen molar-refractivity contribution in [1.82, 2.24) is 0 Å². The Morgan fingerprint density at radius 1 is 0.600 bits per heavy atom. The lowest BCUT2D eigenvalue weighted by atomic mass is 10.1. The summed E-state index contributed by atoms with van der Waals surface area (Å²) in [4.78, 5) is 34.4. The molecule has 0 aliphatic rings. The molecule has 0 spiro atoms. The van der Waals surface area contributed by atoms with Gasteiger partial charge in [-0.3, -0.25) is 0 Å². The maximum atomic E-state index is 11.6. The van der Waals surface area contributed by atoms with E-state index in [1.54, 1.807) is 0 Å². The number of hydrogen-bond acceptors (Lipinski definition) is 9.